The molecule has 0 saturated heterocycles. The number of aryl methyl sites for hydroxylation is 1. The predicted molar refractivity (Wildman–Crippen MR) is 134 cm³/mol. The number of methoxy groups -OCH3 is 1. The summed E-state index contributed by atoms with van der Waals surface area (Å²) in [6.45, 7) is 3.93. The van der Waals surface area contributed by atoms with Crippen LogP contribution in [0, 0.1) is 6.92 Å². The third-order valence-corrected chi connectivity index (χ3v) is 6.74. The molecule has 0 heterocycles. The zero-order chi connectivity index (χ0) is 24.5. The summed E-state index contributed by atoms with van der Waals surface area (Å²) >= 11 is 6.10. The minimum atomic E-state index is -0.587. The Hall–Kier alpha value is -2.73. The Morgan fingerprint density at radius 2 is 1.88 bits per heavy atom. The van der Waals surface area contributed by atoms with Gasteiger partial charge in [0.05, 0.1) is 7.11 Å². The van der Waals surface area contributed by atoms with E-state index in [1.165, 1.54) is 6.42 Å². The Balaban J connectivity index is 1.77. The molecule has 2 amide bonds. The van der Waals surface area contributed by atoms with Crippen LogP contribution in [0.2, 0.25) is 5.02 Å². The summed E-state index contributed by atoms with van der Waals surface area (Å²) in [5.74, 6) is 0.919. The van der Waals surface area contributed by atoms with E-state index in [4.69, 9.17) is 21.1 Å². The first-order valence-corrected chi connectivity index (χ1v) is 12.4. The zero-order valence-electron chi connectivity index (χ0n) is 20.3. The fourth-order valence-corrected chi connectivity index (χ4v) is 4.48. The molecule has 0 aliphatic heterocycles. The van der Waals surface area contributed by atoms with Crippen LogP contribution in [0.1, 0.15) is 56.6 Å². The van der Waals surface area contributed by atoms with Crippen molar-refractivity contribution in [1.29, 1.82) is 0 Å². The van der Waals surface area contributed by atoms with E-state index < -0.39 is 6.04 Å². The summed E-state index contributed by atoms with van der Waals surface area (Å²) in [7, 11) is 1.61. The third kappa shape index (κ3) is 7.13. The molecule has 2 aromatic carbocycles. The number of ether oxygens (including phenoxy) is 2. The number of carbonyl (C=O) groups is 2. The van der Waals surface area contributed by atoms with E-state index in [2.05, 4.69) is 5.32 Å². The van der Waals surface area contributed by atoms with Gasteiger partial charge in [-0.1, -0.05) is 49.9 Å². The molecule has 0 radical (unpaired) electrons. The summed E-state index contributed by atoms with van der Waals surface area (Å²) < 4.78 is 11.1. The summed E-state index contributed by atoms with van der Waals surface area (Å²) in [6.07, 6.45) is 5.96. The van der Waals surface area contributed by atoms with Gasteiger partial charge in [-0.15, -0.1) is 0 Å². The molecule has 1 aliphatic rings. The van der Waals surface area contributed by atoms with Gasteiger partial charge in [-0.25, -0.2) is 0 Å². The molecule has 1 saturated carbocycles. The van der Waals surface area contributed by atoms with Gasteiger partial charge in [-0.2, -0.15) is 0 Å². The van der Waals surface area contributed by atoms with E-state index in [0.717, 1.165) is 36.8 Å². The Kier molecular flexibility index (Phi) is 9.63. The first-order valence-electron chi connectivity index (χ1n) is 12.0. The van der Waals surface area contributed by atoms with Gasteiger partial charge in [0.1, 0.15) is 17.5 Å². The molecule has 34 heavy (non-hydrogen) atoms. The highest BCUT2D eigenvalue weighted by Gasteiger charge is 2.30. The van der Waals surface area contributed by atoms with E-state index in [0.29, 0.717) is 22.9 Å². The topological polar surface area (TPSA) is 67.9 Å². The molecule has 2 aromatic rings. The van der Waals surface area contributed by atoms with Gasteiger partial charge in [0.2, 0.25) is 5.91 Å². The molecule has 6 nitrogen and oxygen atoms in total. The molecular formula is C27H35ClN2O4. The fraction of sp³-hybridized carbons (Fsp3) is 0.481. The lowest BCUT2D eigenvalue weighted by Crippen LogP contribution is -2.52. The van der Waals surface area contributed by atoms with Crippen molar-refractivity contribution in [3.8, 4) is 11.5 Å². The molecule has 0 spiro atoms. The molecule has 1 aliphatic carbocycles. The van der Waals surface area contributed by atoms with Gasteiger partial charge in [0.25, 0.3) is 5.91 Å². The number of halogens is 1. The van der Waals surface area contributed by atoms with Gasteiger partial charge in [-0.05, 0) is 67.6 Å². The molecule has 7 heteroatoms. The van der Waals surface area contributed by atoms with Crippen molar-refractivity contribution in [2.45, 2.75) is 71.0 Å². The van der Waals surface area contributed by atoms with E-state index in [1.807, 2.05) is 38.1 Å². The van der Waals surface area contributed by atoms with Crippen LogP contribution in [0.5, 0.6) is 11.5 Å². The van der Waals surface area contributed by atoms with E-state index in [-0.39, 0.29) is 31.0 Å². The molecule has 184 valence electrons. The Bertz CT molecular complexity index is 975. The smallest absolute Gasteiger partial charge is 0.261 e. The van der Waals surface area contributed by atoms with E-state index in [9.17, 15) is 9.59 Å². The number of nitrogens with zero attached hydrogens (tertiary/aromatic N) is 1. The largest absolute Gasteiger partial charge is 0.497 e. The van der Waals surface area contributed by atoms with Crippen LogP contribution >= 0.6 is 11.6 Å². The number of hydrogen-bond donors (Lipinski definition) is 1. The van der Waals surface area contributed by atoms with Gasteiger partial charge in [0, 0.05) is 17.6 Å². The minimum Gasteiger partial charge on any atom is -0.497 e. The summed E-state index contributed by atoms with van der Waals surface area (Å²) in [6, 6.07) is 12.4. The number of rotatable bonds is 10. The van der Waals surface area contributed by atoms with Gasteiger partial charge in [0.15, 0.2) is 6.61 Å². The standard InChI is InChI=1S/C27H35ClN2O4/c1-4-25(27(32)29-21-10-6-5-7-11-21)30(17-20-9-8-12-22(16-20)33-3)26(31)18-34-23-13-14-24(28)19(2)15-23/h8-9,12-16,21,25H,4-7,10-11,17-18H2,1-3H3,(H,29,32)/t25-/m1/s1. The number of amides is 2. The molecular weight excluding hydrogens is 452 g/mol. The maximum Gasteiger partial charge on any atom is 0.261 e. The van der Waals surface area contributed by atoms with E-state index in [1.54, 1.807) is 30.2 Å². The average Bonchev–Trinajstić information content (AvgIpc) is 2.85. The Morgan fingerprint density at radius 1 is 1.12 bits per heavy atom. The van der Waals surface area contributed by atoms with Crippen molar-refractivity contribution in [2.24, 2.45) is 0 Å². The number of nitrogens with one attached hydrogen (secondary N) is 1. The van der Waals surface area contributed by atoms with Gasteiger partial charge >= 0.3 is 0 Å². The number of benzene rings is 2. The predicted octanol–water partition coefficient (Wildman–Crippen LogP) is 5.29. The van der Waals surface area contributed by atoms with Crippen molar-refractivity contribution in [3.63, 3.8) is 0 Å². The molecule has 0 aromatic heterocycles. The van der Waals surface area contributed by atoms with Crippen molar-refractivity contribution in [1.82, 2.24) is 10.2 Å². The lowest BCUT2D eigenvalue weighted by Gasteiger charge is -2.32. The minimum absolute atomic E-state index is 0.104. The Labute approximate surface area is 207 Å². The third-order valence-electron chi connectivity index (χ3n) is 6.32. The summed E-state index contributed by atoms with van der Waals surface area (Å²) in [4.78, 5) is 28.3. The zero-order valence-corrected chi connectivity index (χ0v) is 21.1. The normalized spacial score (nSPS) is 14.8. The van der Waals surface area contributed by atoms with Crippen molar-refractivity contribution < 1.29 is 19.1 Å². The maximum absolute atomic E-state index is 13.4. The molecule has 3 rings (SSSR count). The van der Waals surface area contributed by atoms with Gasteiger partial charge in [-0.3, -0.25) is 9.59 Å². The molecule has 1 fully saturated rings. The first kappa shape index (κ1) is 25.9. The fourth-order valence-electron chi connectivity index (χ4n) is 4.37. The van der Waals surface area contributed by atoms with Crippen LogP contribution < -0.4 is 14.8 Å². The molecule has 0 bridgehead atoms. The Morgan fingerprint density at radius 3 is 2.56 bits per heavy atom. The summed E-state index contributed by atoms with van der Waals surface area (Å²) in [5, 5.41) is 3.83. The van der Waals surface area contributed by atoms with Crippen LogP contribution in [0.4, 0.5) is 0 Å². The second kappa shape index (κ2) is 12.7. The van der Waals surface area contributed by atoms with Crippen LogP contribution in [-0.2, 0) is 16.1 Å². The highest BCUT2D eigenvalue weighted by molar-refractivity contribution is 6.31. The highest BCUT2D eigenvalue weighted by Crippen LogP contribution is 2.23. The number of hydrogen-bond acceptors (Lipinski definition) is 4. The quantitative estimate of drug-likeness (QED) is 0.495. The average molecular weight is 487 g/mol. The van der Waals surface area contributed by atoms with Crippen molar-refractivity contribution in [2.75, 3.05) is 13.7 Å². The lowest BCUT2D eigenvalue weighted by atomic mass is 9.95. The van der Waals surface area contributed by atoms with Crippen LogP contribution in [-0.4, -0.2) is 42.5 Å². The van der Waals surface area contributed by atoms with Crippen molar-refractivity contribution in [3.05, 3.63) is 58.6 Å². The molecule has 0 unspecified atom stereocenters. The monoisotopic (exact) mass is 486 g/mol. The van der Waals surface area contributed by atoms with Crippen LogP contribution in [0.15, 0.2) is 42.5 Å². The maximum atomic E-state index is 13.4. The number of carbonyl (C=O) groups excluding carboxylic acids is 2. The second-order valence-corrected chi connectivity index (χ2v) is 9.25. The molecule has 1 N–H and O–H groups in total. The SMILES string of the molecule is CC[C@H](C(=O)NC1CCCCC1)N(Cc1cccc(OC)c1)C(=O)COc1ccc(Cl)c(C)c1. The van der Waals surface area contributed by atoms with Crippen LogP contribution in [0.25, 0.3) is 0 Å². The summed E-state index contributed by atoms with van der Waals surface area (Å²) in [5.41, 5.74) is 1.76. The van der Waals surface area contributed by atoms with Crippen LogP contribution in [0.3, 0.4) is 0 Å². The molecule has 1 atom stereocenters. The van der Waals surface area contributed by atoms with E-state index >= 15 is 0 Å². The van der Waals surface area contributed by atoms with Crippen molar-refractivity contribution >= 4 is 23.4 Å². The lowest BCUT2D eigenvalue weighted by molar-refractivity contribution is -0.143. The first-order chi connectivity index (χ1) is 16.4. The second-order valence-electron chi connectivity index (χ2n) is 8.84. The van der Waals surface area contributed by atoms with Gasteiger partial charge < -0.3 is 19.7 Å². The highest BCUT2D eigenvalue weighted by atomic mass is 35.5.